The smallest absolute Gasteiger partial charge is 0.355 e. The van der Waals surface area contributed by atoms with Crippen LogP contribution in [0.2, 0.25) is 0 Å². The average Bonchev–Trinajstić information content (AvgIpc) is 3.78. The number of carbonyl (C=O) groups excluding carboxylic acids is 6. The fourth-order valence-corrected chi connectivity index (χ4v) is 9.72. The van der Waals surface area contributed by atoms with Crippen molar-refractivity contribution in [1.82, 2.24) is 36.1 Å². The molecule has 4 heterocycles. The van der Waals surface area contributed by atoms with E-state index in [0.29, 0.717) is 41.2 Å². The Kier molecular flexibility index (Phi) is 17.6. The first-order valence-corrected chi connectivity index (χ1v) is 26.0. The molecule has 6 aromatic rings. The Bertz CT molecular complexity index is 3350. The van der Waals surface area contributed by atoms with Crippen molar-refractivity contribution in [2.24, 2.45) is 22.4 Å². The Hall–Kier alpha value is -8.98. The second kappa shape index (κ2) is 24.8. The maximum atomic E-state index is 14.5. The number of rotatable bonds is 21. The Morgan fingerprint density at radius 1 is 0.846 bits per heavy atom. The molecule has 0 saturated heterocycles. The number of hydrogen-bond donors (Lipinski definition) is 8. The number of nitrogens with zero attached hydrogens (tertiary/aromatic N) is 3. The number of benzene rings is 4. The largest absolute Gasteiger partial charge is 0.457 e. The van der Waals surface area contributed by atoms with Crippen LogP contribution in [0.5, 0.6) is 0 Å². The number of para-hydroxylation sites is 2. The van der Waals surface area contributed by atoms with Crippen molar-refractivity contribution in [1.29, 1.82) is 0 Å². The molecule has 0 fully saturated rings. The van der Waals surface area contributed by atoms with E-state index in [4.69, 9.17) is 38.1 Å². The van der Waals surface area contributed by atoms with E-state index in [2.05, 4.69) is 36.9 Å². The molecule has 20 nitrogen and oxygen atoms in total. The van der Waals surface area contributed by atoms with Crippen LogP contribution in [0.3, 0.4) is 0 Å². The van der Waals surface area contributed by atoms with Gasteiger partial charge >= 0.3 is 11.9 Å². The molecule has 78 heavy (non-hydrogen) atoms. The van der Waals surface area contributed by atoms with E-state index < -0.39 is 64.9 Å². The number of aromatic nitrogens is 2. The summed E-state index contributed by atoms with van der Waals surface area (Å²) in [5.41, 5.74) is 13.5. The summed E-state index contributed by atoms with van der Waals surface area (Å²) in [5.74, 6) is -4.48. The summed E-state index contributed by atoms with van der Waals surface area (Å²) in [6.45, 7) is 4.90. The minimum Gasteiger partial charge on any atom is -0.457 e. The minimum atomic E-state index is -2.02. The standard InChI is InChI=1S/C57H61N11O9S/c1-4-57(41-28-45-49-37(26-35-18-11-12-23-42(35)65-49)31-68(45)52(73)40(41)32-76-54(57)75)77-53(74)48(33(2)3)67-51(72)43(66-56(78)63-38-20-9-6-10-21-38)24-13-14-25-60-46(69)29-44(34-16-7-5-8-17-34)64-47(70)30-61-50(71)36-19-15-22-39(27-36)62-55(58)59/h5-12,15-23,26-28,33,43-44,48H,4,13-14,24-25,29-32H2,1-3H3,(H,60,69)(H,61,71)(H,64,70)(H,67,72)(H4,58,59,62)(H2,63,66,78)/t43-,44?,48-,57-/m0/s1. The third-order valence-electron chi connectivity index (χ3n) is 13.5. The van der Waals surface area contributed by atoms with Crippen molar-refractivity contribution in [3.05, 3.63) is 159 Å². The molecule has 0 radical (unpaired) electrons. The van der Waals surface area contributed by atoms with Crippen LogP contribution in [0.4, 0.5) is 11.4 Å². The van der Waals surface area contributed by atoms with Crippen molar-refractivity contribution in [2.45, 2.75) is 89.8 Å². The first-order chi connectivity index (χ1) is 37.5. The fraction of sp³-hybridized carbons (Fsp3) is 0.298. The molecule has 4 atom stereocenters. The van der Waals surface area contributed by atoms with Crippen molar-refractivity contribution in [3.63, 3.8) is 0 Å². The second-order valence-electron chi connectivity index (χ2n) is 19.3. The summed E-state index contributed by atoms with van der Waals surface area (Å²) in [4.78, 5) is 105. The van der Waals surface area contributed by atoms with E-state index >= 15 is 0 Å². The van der Waals surface area contributed by atoms with Crippen LogP contribution in [0, 0.1) is 5.92 Å². The lowest BCUT2D eigenvalue weighted by Gasteiger charge is -2.37. The van der Waals surface area contributed by atoms with E-state index in [9.17, 15) is 33.6 Å². The van der Waals surface area contributed by atoms with E-state index in [1.165, 1.54) is 6.07 Å². The van der Waals surface area contributed by atoms with Crippen LogP contribution in [0.15, 0.2) is 131 Å². The molecule has 4 aromatic carbocycles. The zero-order valence-electron chi connectivity index (χ0n) is 43.3. The second-order valence-corrected chi connectivity index (χ2v) is 19.7. The van der Waals surface area contributed by atoms with Gasteiger partial charge in [0.1, 0.15) is 18.7 Å². The molecule has 1 unspecified atom stereocenters. The number of ether oxygens (including phenoxy) is 2. The quantitative estimate of drug-likeness (QED) is 0.0155. The minimum absolute atomic E-state index is 0.0776. The Morgan fingerprint density at radius 3 is 2.31 bits per heavy atom. The lowest BCUT2D eigenvalue weighted by molar-refractivity contribution is -0.191. The summed E-state index contributed by atoms with van der Waals surface area (Å²) in [6, 6.07) is 32.6. The number of hydrogen-bond acceptors (Lipinski definition) is 12. The summed E-state index contributed by atoms with van der Waals surface area (Å²) < 4.78 is 13.4. The molecule has 2 aromatic heterocycles. The molecule has 10 N–H and O–H groups in total. The van der Waals surface area contributed by atoms with Crippen molar-refractivity contribution in [2.75, 3.05) is 18.4 Å². The number of unbranched alkanes of at least 4 members (excludes halogenated alkanes) is 1. The van der Waals surface area contributed by atoms with Crippen molar-refractivity contribution >= 4 is 81.1 Å². The van der Waals surface area contributed by atoms with Crippen molar-refractivity contribution < 1.29 is 38.2 Å². The van der Waals surface area contributed by atoms with Crippen LogP contribution in [-0.2, 0) is 52.2 Å². The molecule has 8 rings (SSSR count). The number of cyclic esters (lactones) is 1. The number of anilines is 1. The Labute approximate surface area is 455 Å². The molecule has 0 aliphatic carbocycles. The highest BCUT2D eigenvalue weighted by Gasteiger charge is 2.51. The van der Waals surface area contributed by atoms with Gasteiger partial charge in [-0.3, -0.25) is 24.0 Å². The molecule has 404 valence electrons. The zero-order valence-corrected chi connectivity index (χ0v) is 44.1. The highest BCUT2D eigenvalue weighted by molar-refractivity contribution is 7.80. The van der Waals surface area contributed by atoms with E-state index in [1.807, 2.05) is 54.6 Å². The van der Waals surface area contributed by atoms with Crippen LogP contribution in [0.25, 0.3) is 22.3 Å². The van der Waals surface area contributed by atoms with Gasteiger partial charge in [0.15, 0.2) is 11.1 Å². The monoisotopic (exact) mass is 1080 g/mol. The SMILES string of the molecule is CC[C@@]1(OC(=O)[C@@H](NC(=O)[C@H](CCCCNC(=O)CC(NC(=O)CNC(=O)c2cccc(N=C(N)N)c2)c2ccccc2)NC(=S)Nc2ccccc2)C(C)C)C(=O)OCc2c1cc1n(c2=O)Cc2cc3ccccc3nc2-1. The van der Waals surface area contributed by atoms with Gasteiger partial charge in [0.05, 0.1) is 53.7 Å². The summed E-state index contributed by atoms with van der Waals surface area (Å²) in [7, 11) is 0. The average molecular weight is 1080 g/mol. The number of nitrogens with one attached hydrogen (secondary N) is 6. The predicted octanol–water partition coefficient (Wildman–Crippen LogP) is 5.00. The zero-order chi connectivity index (χ0) is 55.5. The first kappa shape index (κ1) is 55.3. The summed E-state index contributed by atoms with van der Waals surface area (Å²) in [5, 5.41) is 18.4. The van der Waals surface area contributed by atoms with Gasteiger partial charge in [0.25, 0.3) is 11.5 Å². The van der Waals surface area contributed by atoms with Crippen LogP contribution in [0.1, 0.15) is 91.5 Å². The molecular formula is C57H61N11O9S. The number of guanidine groups is 1. The van der Waals surface area contributed by atoms with Gasteiger partial charge in [-0.1, -0.05) is 93.6 Å². The number of carbonyl (C=O) groups is 6. The number of esters is 2. The van der Waals surface area contributed by atoms with Gasteiger partial charge in [0.2, 0.25) is 23.3 Å². The van der Waals surface area contributed by atoms with E-state index in [1.54, 1.807) is 86.0 Å². The molecule has 21 heteroatoms. The summed E-state index contributed by atoms with van der Waals surface area (Å²) in [6.07, 6.45) is 0.826. The van der Waals surface area contributed by atoms with Gasteiger partial charge < -0.3 is 57.4 Å². The van der Waals surface area contributed by atoms with E-state index in [-0.39, 0.29) is 79.2 Å². The third kappa shape index (κ3) is 13.0. The van der Waals surface area contributed by atoms with Gasteiger partial charge in [-0.15, -0.1) is 0 Å². The highest BCUT2D eigenvalue weighted by Crippen LogP contribution is 2.41. The predicted molar refractivity (Wildman–Crippen MR) is 298 cm³/mol. The highest BCUT2D eigenvalue weighted by atomic mass is 32.1. The molecule has 0 spiro atoms. The topological polar surface area (TPSA) is 292 Å². The lowest BCUT2D eigenvalue weighted by Crippen LogP contribution is -2.56. The van der Waals surface area contributed by atoms with Gasteiger partial charge in [-0.05, 0) is 97.9 Å². The number of thiocarbonyl (C=S) groups is 1. The first-order valence-electron chi connectivity index (χ1n) is 25.6. The lowest BCUT2D eigenvalue weighted by atomic mass is 9.85. The van der Waals surface area contributed by atoms with Gasteiger partial charge in [0, 0.05) is 34.3 Å². The number of pyridine rings is 2. The van der Waals surface area contributed by atoms with Crippen LogP contribution < -0.4 is 48.9 Å². The fourth-order valence-electron chi connectivity index (χ4n) is 9.46. The number of nitrogens with two attached hydrogens (primary N) is 2. The van der Waals surface area contributed by atoms with Crippen LogP contribution >= 0.6 is 12.2 Å². The molecule has 2 aliphatic heterocycles. The molecule has 2 aliphatic rings. The van der Waals surface area contributed by atoms with Crippen molar-refractivity contribution in [3.8, 4) is 11.4 Å². The molecule has 4 amide bonds. The van der Waals surface area contributed by atoms with Gasteiger partial charge in [-0.2, -0.15) is 0 Å². The number of amides is 4. The number of fused-ring (bicyclic) bond motifs is 5. The van der Waals surface area contributed by atoms with Crippen LogP contribution in [-0.4, -0.2) is 81.4 Å². The normalized spacial score (nSPS) is 15.2. The Morgan fingerprint density at radius 2 is 1.58 bits per heavy atom. The molecule has 0 bridgehead atoms. The maximum Gasteiger partial charge on any atom is 0.355 e. The number of aliphatic imine (C=N–C) groups is 1. The third-order valence-corrected chi connectivity index (χ3v) is 13.7. The summed E-state index contributed by atoms with van der Waals surface area (Å²) >= 11 is 5.65. The Balaban J connectivity index is 0.914. The van der Waals surface area contributed by atoms with Gasteiger partial charge in [-0.25, -0.2) is 19.6 Å². The molecular weight excluding hydrogens is 1010 g/mol. The molecule has 0 saturated carbocycles. The van der Waals surface area contributed by atoms with E-state index in [0.717, 1.165) is 16.5 Å². The maximum absolute atomic E-state index is 14.5.